The number of likely N-dealkylation sites (tertiary alicyclic amines) is 1. The molecule has 1 atom stereocenters. The summed E-state index contributed by atoms with van der Waals surface area (Å²) in [5.74, 6) is 1.000. The molecule has 1 saturated heterocycles. The third-order valence-corrected chi connectivity index (χ3v) is 4.08. The molecule has 2 heteroatoms. The lowest BCUT2D eigenvalue weighted by molar-refractivity contribution is 0.163. The molecule has 1 rings (SSSR count). The second-order valence-corrected chi connectivity index (χ2v) is 5.59. The van der Waals surface area contributed by atoms with Crippen molar-refractivity contribution in [3.05, 3.63) is 0 Å². The van der Waals surface area contributed by atoms with Crippen molar-refractivity contribution in [1.82, 2.24) is 10.2 Å². The van der Waals surface area contributed by atoms with Gasteiger partial charge in [-0.15, -0.1) is 0 Å². The molecule has 0 saturated carbocycles. The van der Waals surface area contributed by atoms with Crippen LogP contribution >= 0.6 is 0 Å². The van der Waals surface area contributed by atoms with E-state index in [0.29, 0.717) is 0 Å². The van der Waals surface area contributed by atoms with Crippen LogP contribution in [0.3, 0.4) is 0 Å². The van der Waals surface area contributed by atoms with Crippen molar-refractivity contribution in [1.29, 1.82) is 0 Å². The summed E-state index contributed by atoms with van der Waals surface area (Å²) < 4.78 is 0. The molecule has 102 valence electrons. The van der Waals surface area contributed by atoms with Crippen LogP contribution in [0, 0.1) is 5.92 Å². The van der Waals surface area contributed by atoms with Crippen LogP contribution in [0.25, 0.3) is 0 Å². The molecule has 1 N–H and O–H groups in total. The van der Waals surface area contributed by atoms with Crippen molar-refractivity contribution < 1.29 is 0 Å². The van der Waals surface area contributed by atoms with Gasteiger partial charge in [-0.3, -0.25) is 0 Å². The van der Waals surface area contributed by atoms with Crippen molar-refractivity contribution in [2.24, 2.45) is 5.92 Å². The van der Waals surface area contributed by atoms with Crippen LogP contribution in [0.15, 0.2) is 0 Å². The van der Waals surface area contributed by atoms with Crippen molar-refractivity contribution in [3.8, 4) is 0 Å². The summed E-state index contributed by atoms with van der Waals surface area (Å²) in [4.78, 5) is 2.68. The third kappa shape index (κ3) is 5.87. The van der Waals surface area contributed by atoms with Crippen LogP contribution < -0.4 is 5.32 Å². The molecule has 17 heavy (non-hydrogen) atoms. The Balaban J connectivity index is 2.24. The summed E-state index contributed by atoms with van der Waals surface area (Å²) >= 11 is 0. The van der Waals surface area contributed by atoms with Crippen molar-refractivity contribution in [3.63, 3.8) is 0 Å². The first-order chi connectivity index (χ1) is 8.30. The first-order valence-electron chi connectivity index (χ1n) is 7.75. The zero-order valence-electron chi connectivity index (χ0n) is 12.2. The normalized spacial score (nSPS) is 20.6. The van der Waals surface area contributed by atoms with Gasteiger partial charge in [0.2, 0.25) is 0 Å². The SMILES string of the molecule is CCCNC(CCC)CN1CCC(CC)CC1. The number of hydrogen-bond donors (Lipinski definition) is 1. The molecule has 0 aliphatic carbocycles. The third-order valence-electron chi connectivity index (χ3n) is 4.08. The molecule has 1 heterocycles. The molecule has 0 spiro atoms. The van der Waals surface area contributed by atoms with Gasteiger partial charge in [0.25, 0.3) is 0 Å². The zero-order chi connectivity index (χ0) is 12.5. The summed E-state index contributed by atoms with van der Waals surface area (Å²) in [6.45, 7) is 12.0. The average Bonchev–Trinajstić information content (AvgIpc) is 2.37. The van der Waals surface area contributed by atoms with Gasteiger partial charge in [0.15, 0.2) is 0 Å². The van der Waals surface area contributed by atoms with E-state index in [9.17, 15) is 0 Å². The quantitative estimate of drug-likeness (QED) is 0.700. The van der Waals surface area contributed by atoms with E-state index in [1.54, 1.807) is 0 Å². The molecule has 0 radical (unpaired) electrons. The number of nitrogens with one attached hydrogen (secondary N) is 1. The van der Waals surface area contributed by atoms with Gasteiger partial charge in [0, 0.05) is 12.6 Å². The minimum Gasteiger partial charge on any atom is -0.313 e. The van der Waals surface area contributed by atoms with E-state index < -0.39 is 0 Å². The van der Waals surface area contributed by atoms with Crippen molar-refractivity contribution >= 4 is 0 Å². The maximum Gasteiger partial charge on any atom is 0.0194 e. The fourth-order valence-electron chi connectivity index (χ4n) is 2.84. The molecule has 1 aliphatic rings. The fraction of sp³-hybridized carbons (Fsp3) is 1.00. The van der Waals surface area contributed by atoms with E-state index >= 15 is 0 Å². The highest BCUT2D eigenvalue weighted by Crippen LogP contribution is 2.20. The van der Waals surface area contributed by atoms with Gasteiger partial charge >= 0.3 is 0 Å². The summed E-state index contributed by atoms with van der Waals surface area (Å²) in [6.07, 6.45) is 8.09. The largest absolute Gasteiger partial charge is 0.313 e. The minimum atomic E-state index is 0.720. The fourth-order valence-corrected chi connectivity index (χ4v) is 2.84. The van der Waals surface area contributed by atoms with Crippen LogP contribution in [0.1, 0.15) is 59.3 Å². The molecule has 0 aromatic rings. The van der Waals surface area contributed by atoms with Crippen LogP contribution in [-0.4, -0.2) is 37.1 Å². The van der Waals surface area contributed by atoms with E-state index in [-0.39, 0.29) is 0 Å². The Bertz CT molecular complexity index is 174. The highest BCUT2D eigenvalue weighted by molar-refractivity contribution is 4.77. The monoisotopic (exact) mass is 240 g/mol. The molecular weight excluding hydrogens is 208 g/mol. The van der Waals surface area contributed by atoms with Crippen molar-refractivity contribution in [2.45, 2.75) is 65.3 Å². The molecule has 1 aliphatic heterocycles. The van der Waals surface area contributed by atoms with Crippen LogP contribution in [-0.2, 0) is 0 Å². The highest BCUT2D eigenvalue weighted by atomic mass is 15.2. The van der Waals surface area contributed by atoms with Crippen LogP contribution in [0.4, 0.5) is 0 Å². The van der Waals surface area contributed by atoms with Gasteiger partial charge in [-0.2, -0.15) is 0 Å². The standard InChI is InChI=1S/C15H32N2/c1-4-7-15(16-10-5-2)13-17-11-8-14(6-3)9-12-17/h14-16H,4-13H2,1-3H3. The maximum absolute atomic E-state index is 3.70. The van der Waals surface area contributed by atoms with E-state index in [1.165, 1.54) is 64.7 Å². The van der Waals surface area contributed by atoms with Crippen LogP contribution in [0.2, 0.25) is 0 Å². The Morgan fingerprint density at radius 1 is 1.12 bits per heavy atom. The van der Waals surface area contributed by atoms with Gasteiger partial charge < -0.3 is 10.2 Å². The van der Waals surface area contributed by atoms with E-state index in [2.05, 4.69) is 31.0 Å². The minimum absolute atomic E-state index is 0.720. The van der Waals surface area contributed by atoms with Gasteiger partial charge in [0.05, 0.1) is 0 Å². The van der Waals surface area contributed by atoms with Crippen molar-refractivity contribution in [2.75, 3.05) is 26.2 Å². The predicted molar refractivity (Wildman–Crippen MR) is 76.4 cm³/mol. The Labute approximate surface area is 108 Å². The second-order valence-electron chi connectivity index (χ2n) is 5.59. The summed E-state index contributed by atoms with van der Waals surface area (Å²) in [5.41, 5.74) is 0. The van der Waals surface area contributed by atoms with Gasteiger partial charge in [-0.25, -0.2) is 0 Å². The first kappa shape index (κ1) is 15.0. The van der Waals surface area contributed by atoms with E-state index in [4.69, 9.17) is 0 Å². The van der Waals surface area contributed by atoms with E-state index in [0.717, 1.165) is 12.0 Å². The average molecular weight is 240 g/mol. The lowest BCUT2D eigenvalue weighted by Gasteiger charge is -2.34. The Hall–Kier alpha value is -0.0800. The number of nitrogens with zero attached hydrogens (tertiary/aromatic N) is 1. The van der Waals surface area contributed by atoms with Gasteiger partial charge in [0.1, 0.15) is 0 Å². The Morgan fingerprint density at radius 2 is 1.82 bits per heavy atom. The molecular formula is C15H32N2. The number of piperidine rings is 1. The highest BCUT2D eigenvalue weighted by Gasteiger charge is 2.19. The number of hydrogen-bond acceptors (Lipinski definition) is 2. The molecule has 2 nitrogen and oxygen atoms in total. The summed E-state index contributed by atoms with van der Waals surface area (Å²) in [5, 5.41) is 3.70. The molecule has 1 unspecified atom stereocenters. The smallest absolute Gasteiger partial charge is 0.0194 e. The summed E-state index contributed by atoms with van der Waals surface area (Å²) in [6, 6.07) is 0.720. The zero-order valence-corrected chi connectivity index (χ0v) is 12.2. The Kier molecular flexibility index (Phi) is 7.87. The molecule has 0 bridgehead atoms. The molecule has 0 aromatic heterocycles. The van der Waals surface area contributed by atoms with E-state index in [1.807, 2.05) is 0 Å². The topological polar surface area (TPSA) is 15.3 Å². The van der Waals surface area contributed by atoms with Crippen LogP contribution in [0.5, 0.6) is 0 Å². The lowest BCUT2D eigenvalue weighted by atomic mass is 9.94. The number of rotatable bonds is 8. The lowest BCUT2D eigenvalue weighted by Crippen LogP contribution is -2.44. The Morgan fingerprint density at radius 3 is 2.35 bits per heavy atom. The first-order valence-corrected chi connectivity index (χ1v) is 7.75. The summed E-state index contributed by atoms with van der Waals surface area (Å²) in [7, 11) is 0. The molecule has 0 aromatic carbocycles. The maximum atomic E-state index is 3.70. The second kappa shape index (κ2) is 8.93. The van der Waals surface area contributed by atoms with Gasteiger partial charge in [-0.05, 0) is 51.2 Å². The van der Waals surface area contributed by atoms with Gasteiger partial charge in [-0.1, -0.05) is 33.6 Å². The predicted octanol–water partition coefficient (Wildman–Crippen LogP) is 3.28. The molecule has 1 fully saturated rings. The molecule has 0 amide bonds.